The molecule has 0 fully saturated rings. The molecule has 2 nitrogen and oxygen atoms in total. The molecule has 0 radical (unpaired) electrons. The van der Waals surface area contributed by atoms with Gasteiger partial charge in [-0.15, -0.1) is 11.6 Å². The highest BCUT2D eigenvalue weighted by Crippen LogP contribution is 2.31. The molecule has 0 aliphatic carbocycles. The van der Waals surface area contributed by atoms with E-state index >= 15 is 0 Å². The summed E-state index contributed by atoms with van der Waals surface area (Å²) in [4.78, 5) is 0. The van der Waals surface area contributed by atoms with Crippen LogP contribution in [0.2, 0.25) is 5.02 Å². The van der Waals surface area contributed by atoms with Crippen LogP contribution in [0.1, 0.15) is 12.5 Å². The van der Waals surface area contributed by atoms with Crippen molar-refractivity contribution in [3.05, 3.63) is 53.1 Å². The van der Waals surface area contributed by atoms with Crippen LogP contribution in [0.5, 0.6) is 17.2 Å². The minimum atomic E-state index is 0.373. The van der Waals surface area contributed by atoms with Crippen molar-refractivity contribution in [1.82, 2.24) is 0 Å². The van der Waals surface area contributed by atoms with Crippen LogP contribution in [0.15, 0.2) is 42.5 Å². The molecule has 0 aromatic heterocycles. The average Bonchev–Trinajstić information content (AvgIpc) is 2.40. The zero-order valence-electron chi connectivity index (χ0n) is 10.5. The average molecular weight is 297 g/mol. The third-order valence-corrected chi connectivity index (χ3v) is 3.04. The Bertz CT molecular complexity index is 556. The van der Waals surface area contributed by atoms with E-state index in [0.29, 0.717) is 29.0 Å². The Balaban J connectivity index is 2.25. The van der Waals surface area contributed by atoms with Crippen molar-refractivity contribution in [2.75, 3.05) is 6.61 Å². The second-order valence-electron chi connectivity index (χ2n) is 3.90. The second-order valence-corrected chi connectivity index (χ2v) is 4.60. The number of hydrogen-bond acceptors (Lipinski definition) is 2. The molecule has 0 aliphatic heterocycles. The number of ether oxygens (including phenoxy) is 2. The van der Waals surface area contributed by atoms with Gasteiger partial charge in [-0.05, 0) is 31.2 Å². The van der Waals surface area contributed by atoms with Gasteiger partial charge in [-0.3, -0.25) is 0 Å². The topological polar surface area (TPSA) is 18.5 Å². The Labute approximate surface area is 122 Å². The van der Waals surface area contributed by atoms with Crippen molar-refractivity contribution in [3.8, 4) is 17.2 Å². The molecule has 100 valence electrons. The molecule has 0 unspecified atom stereocenters. The maximum atomic E-state index is 5.97. The molecule has 2 aromatic carbocycles. The highest BCUT2D eigenvalue weighted by atomic mass is 35.5. The molecule has 0 heterocycles. The van der Waals surface area contributed by atoms with E-state index in [1.165, 1.54) is 0 Å². The third kappa shape index (κ3) is 3.79. The molecule has 2 rings (SSSR count). The quantitative estimate of drug-likeness (QED) is 0.700. The van der Waals surface area contributed by atoms with Gasteiger partial charge in [-0.25, -0.2) is 0 Å². The first-order chi connectivity index (χ1) is 9.22. The highest BCUT2D eigenvalue weighted by Gasteiger charge is 2.06. The summed E-state index contributed by atoms with van der Waals surface area (Å²) < 4.78 is 11.3. The Morgan fingerprint density at radius 3 is 2.58 bits per heavy atom. The summed E-state index contributed by atoms with van der Waals surface area (Å²) in [6, 6.07) is 12.9. The maximum absolute atomic E-state index is 5.97. The summed E-state index contributed by atoms with van der Waals surface area (Å²) in [7, 11) is 0. The molecule has 0 aliphatic rings. The van der Waals surface area contributed by atoms with Crippen LogP contribution < -0.4 is 9.47 Å². The molecule has 0 bridgehead atoms. The monoisotopic (exact) mass is 296 g/mol. The van der Waals surface area contributed by atoms with Gasteiger partial charge in [-0.2, -0.15) is 0 Å². The van der Waals surface area contributed by atoms with Gasteiger partial charge in [-0.1, -0.05) is 23.7 Å². The van der Waals surface area contributed by atoms with Crippen LogP contribution in [-0.2, 0) is 5.88 Å². The number of benzene rings is 2. The zero-order chi connectivity index (χ0) is 13.7. The van der Waals surface area contributed by atoms with Crippen LogP contribution >= 0.6 is 23.2 Å². The van der Waals surface area contributed by atoms with Crippen molar-refractivity contribution >= 4 is 23.2 Å². The molecular formula is C15H14Cl2O2. The standard InChI is InChI=1S/C15H14Cl2O2/c1-2-18-13-4-3-5-14(9-13)19-15-8-12(17)7-6-11(15)10-16/h3-9H,2,10H2,1H3. The van der Waals surface area contributed by atoms with Gasteiger partial charge in [0, 0.05) is 16.7 Å². The maximum Gasteiger partial charge on any atom is 0.133 e. The third-order valence-electron chi connectivity index (χ3n) is 2.52. The van der Waals surface area contributed by atoms with Crippen LogP contribution in [0, 0.1) is 0 Å². The lowest BCUT2D eigenvalue weighted by atomic mass is 10.2. The van der Waals surface area contributed by atoms with Crippen LogP contribution in [0.3, 0.4) is 0 Å². The van der Waals surface area contributed by atoms with Gasteiger partial charge in [0.1, 0.15) is 17.2 Å². The number of rotatable bonds is 5. The van der Waals surface area contributed by atoms with Crippen molar-refractivity contribution < 1.29 is 9.47 Å². The lowest BCUT2D eigenvalue weighted by Crippen LogP contribution is -1.93. The minimum Gasteiger partial charge on any atom is -0.494 e. The number of alkyl halides is 1. The van der Waals surface area contributed by atoms with Gasteiger partial charge in [0.15, 0.2) is 0 Å². The first kappa shape index (κ1) is 14.0. The normalized spacial score (nSPS) is 10.3. The van der Waals surface area contributed by atoms with Crippen molar-refractivity contribution in [1.29, 1.82) is 0 Å². The SMILES string of the molecule is CCOc1cccc(Oc2cc(Cl)ccc2CCl)c1. The molecule has 0 amide bonds. The molecular weight excluding hydrogens is 283 g/mol. The Kier molecular flexibility index (Phi) is 4.94. The molecule has 0 N–H and O–H groups in total. The summed E-state index contributed by atoms with van der Waals surface area (Å²) in [6.07, 6.45) is 0. The van der Waals surface area contributed by atoms with Crippen LogP contribution in [-0.4, -0.2) is 6.61 Å². The van der Waals surface area contributed by atoms with E-state index in [1.54, 1.807) is 12.1 Å². The minimum absolute atomic E-state index is 0.373. The van der Waals surface area contributed by atoms with E-state index in [9.17, 15) is 0 Å². The second kappa shape index (κ2) is 6.69. The van der Waals surface area contributed by atoms with E-state index in [0.717, 1.165) is 11.3 Å². The predicted molar refractivity (Wildman–Crippen MR) is 78.7 cm³/mol. The van der Waals surface area contributed by atoms with Gasteiger partial charge >= 0.3 is 0 Å². The lowest BCUT2D eigenvalue weighted by molar-refractivity contribution is 0.338. The Morgan fingerprint density at radius 2 is 1.84 bits per heavy atom. The molecule has 0 saturated heterocycles. The smallest absolute Gasteiger partial charge is 0.133 e. The number of hydrogen-bond donors (Lipinski definition) is 0. The van der Waals surface area contributed by atoms with E-state index in [-0.39, 0.29) is 0 Å². The van der Waals surface area contributed by atoms with Gasteiger partial charge in [0.05, 0.1) is 12.5 Å². The van der Waals surface area contributed by atoms with Gasteiger partial charge < -0.3 is 9.47 Å². The molecule has 4 heteroatoms. The van der Waals surface area contributed by atoms with Crippen molar-refractivity contribution in [3.63, 3.8) is 0 Å². The van der Waals surface area contributed by atoms with Crippen molar-refractivity contribution in [2.24, 2.45) is 0 Å². The van der Waals surface area contributed by atoms with Crippen LogP contribution in [0.25, 0.3) is 0 Å². The van der Waals surface area contributed by atoms with Crippen LogP contribution in [0.4, 0.5) is 0 Å². The molecule has 0 spiro atoms. The Morgan fingerprint density at radius 1 is 1.05 bits per heavy atom. The number of halogens is 2. The first-order valence-corrected chi connectivity index (χ1v) is 6.89. The lowest BCUT2D eigenvalue weighted by Gasteiger charge is -2.11. The largest absolute Gasteiger partial charge is 0.494 e. The highest BCUT2D eigenvalue weighted by molar-refractivity contribution is 6.30. The van der Waals surface area contributed by atoms with Gasteiger partial charge in [0.2, 0.25) is 0 Å². The molecule has 0 atom stereocenters. The molecule has 0 saturated carbocycles. The van der Waals surface area contributed by atoms with E-state index < -0.39 is 0 Å². The summed E-state index contributed by atoms with van der Waals surface area (Å²) >= 11 is 11.9. The van der Waals surface area contributed by atoms with Crippen molar-refractivity contribution in [2.45, 2.75) is 12.8 Å². The Hall–Kier alpha value is -1.38. The summed E-state index contributed by atoms with van der Waals surface area (Å²) in [5.41, 5.74) is 0.896. The molecule has 19 heavy (non-hydrogen) atoms. The first-order valence-electron chi connectivity index (χ1n) is 5.98. The van der Waals surface area contributed by atoms with E-state index in [4.69, 9.17) is 32.7 Å². The predicted octanol–water partition coefficient (Wildman–Crippen LogP) is 5.27. The van der Waals surface area contributed by atoms with Gasteiger partial charge in [0.25, 0.3) is 0 Å². The zero-order valence-corrected chi connectivity index (χ0v) is 12.0. The molecule has 2 aromatic rings. The van der Waals surface area contributed by atoms with E-state index in [1.807, 2.05) is 37.3 Å². The fourth-order valence-electron chi connectivity index (χ4n) is 1.65. The summed E-state index contributed by atoms with van der Waals surface area (Å²) in [5.74, 6) is 2.50. The fraction of sp³-hybridized carbons (Fsp3) is 0.200. The van der Waals surface area contributed by atoms with E-state index in [2.05, 4.69) is 0 Å². The summed E-state index contributed by atoms with van der Waals surface area (Å²) in [6.45, 7) is 2.56. The summed E-state index contributed by atoms with van der Waals surface area (Å²) in [5, 5.41) is 0.616. The fourth-order valence-corrected chi connectivity index (χ4v) is 2.04.